The second-order valence-electron chi connectivity index (χ2n) is 5.32. The normalized spacial score (nSPS) is 16.3. The Morgan fingerprint density at radius 2 is 2.00 bits per heavy atom. The van der Waals surface area contributed by atoms with Gasteiger partial charge in [-0.1, -0.05) is 11.6 Å². The van der Waals surface area contributed by atoms with Gasteiger partial charge in [-0.05, 0) is 24.6 Å². The van der Waals surface area contributed by atoms with Gasteiger partial charge in [-0.2, -0.15) is 9.57 Å². The number of methoxy groups -OCH3 is 1. The molecule has 1 saturated heterocycles. The molecule has 0 radical (unpaired) electrons. The minimum atomic E-state index is -3.24. The highest BCUT2D eigenvalue weighted by Crippen LogP contribution is 2.25. The van der Waals surface area contributed by atoms with E-state index in [1.54, 1.807) is 19.2 Å². The molecule has 0 unspecified atom stereocenters. The number of hydrogen-bond donors (Lipinski definition) is 0. The van der Waals surface area contributed by atoms with Crippen LogP contribution in [-0.4, -0.2) is 58.4 Å². The number of halogens is 1. The molecule has 0 N–H and O–H groups in total. The van der Waals surface area contributed by atoms with Gasteiger partial charge in [-0.15, -0.1) is 0 Å². The number of ether oxygens (including phenoxy) is 1. The minimum Gasteiger partial charge on any atom is -0.385 e. The summed E-state index contributed by atoms with van der Waals surface area (Å²) in [6.45, 7) is 2.39. The SMILES string of the molecule is COCCCS(=O)(=O)N1CCN(c2ccc(Cl)cc2C#N)CC1. The lowest BCUT2D eigenvalue weighted by atomic mass is 10.1. The third kappa shape index (κ3) is 4.58. The largest absolute Gasteiger partial charge is 0.385 e. The van der Waals surface area contributed by atoms with E-state index in [9.17, 15) is 13.7 Å². The van der Waals surface area contributed by atoms with E-state index in [1.165, 1.54) is 4.31 Å². The van der Waals surface area contributed by atoms with Crippen molar-refractivity contribution in [1.82, 2.24) is 4.31 Å². The average molecular weight is 358 g/mol. The second-order valence-corrected chi connectivity index (χ2v) is 7.85. The van der Waals surface area contributed by atoms with E-state index in [4.69, 9.17) is 16.3 Å². The molecule has 0 bridgehead atoms. The van der Waals surface area contributed by atoms with Crippen LogP contribution < -0.4 is 4.90 Å². The van der Waals surface area contributed by atoms with Gasteiger partial charge in [-0.25, -0.2) is 8.42 Å². The van der Waals surface area contributed by atoms with Crippen molar-refractivity contribution >= 4 is 27.3 Å². The summed E-state index contributed by atoms with van der Waals surface area (Å²) in [5.74, 6) is 0.102. The van der Waals surface area contributed by atoms with Crippen LogP contribution in [-0.2, 0) is 14.8 Å². The molecule has 1 aliphatic heterocycles. The lowest BCUT2D eigenvalue weighted by Gasteiger charge is -2.35. The zero-order chi connectivity index (χ0) is 16.9. The molecule has 0 atom stereocenters. The molecule has 1 aromatic rings. The van der Waals surface area contributed by atoms with Gasteiger partial charge < -0.3 is 9.64 Å². The molecule has 1 fully saturated rings. The topological polar surface area (TPSA) is 73.6 Å². The summed E-state index contributed by atoms with van der Waals surface area (Å²) in [4.78, 5) is 2.02. The van der Waals surface area contributed by atoms with Crippen LogP contribution in [0.3, 0.4) is 0 Å². The quantitative estimate of drug-likeness (QED) is 0.724. The molecule has 1 aromatic carbocycles. The monoisotopic (exact) mass is 357 g/mol. The second kappa shape index (κ2) is 7.97. The number of sulfonamides is 1. The predicted octanol–water partition coefficient (Wildman–Crippen LogP) is 1.70. The zero-order valence-corrected chi connectivity index (χ0v) is 14.6. The van der Waals surface area contributed by atoms with Gasteiger partial charge in [0.1, 0.15) is 6.07 Å². The van der Waals surface area contributed by atoms with Crippen LogP contribution in [0.4, 0.5) is 5.69 Å². The van der Waals surface area contributed by atoms with Crippen LogP contribution in [0.1, 0.15) is 12.0 Å². The molecule has 0 saturated carbocycles. The Labute approximate surface area is 142 Å². The van der Waals surface area contributed by atoms with Crippen molar-refractivity contribution in [2.24, 2.45) is 0 Å². The van der Waals surface area contributed by atoms with Crippen molar-refractivity contribution in [2.45, 2.75) is 6.42 Å². The summed E-state index contributed by atoms with van der Waals surface area (Å²) in [6.07, 6.45) is 0.495. The molecule has 23 heavy (non-hydrogen) atoms. The third-order valence-corrected chi connectivity index (χ3v) is 5.99. The Balaban J connectivity index is 2.00. The molecular formula is C15H20ClN3O3S. The first kappa shape index (κ1) is 18.0. The smallest absolute Gasteiger partial charge is 0.214 e. The van der Waals surface area contributed by atoms with Crippen LogP contribution >= 0.6 is 11.6 Å². The molecule has 0 spiro atoms. The predicted molar refractivity (Wildman–Crippen MR) is 90.2 cm³/mol. The Morgan fingerprint density at radius 3 is 2.61 bits per heavy atom. The van der Waals surface area contributed by atoms with E-state index in [2.05, 4.69) is 6.07 Å². The maximum atomic E-state index is 12.3. The van der Waals surface area contributed by atoms with Crippen molar-refractivity contribution in [3.05, 3.63) is 28.8 Å². The lowest BCUT2D eigenvalue weighted by Crippen LogP contribution is -2.49. The fourth-order valence-corrected chi connectivity index (χ4v) is 4.23. The first-order valence-electron chi connectivity index (χ1n) is 7.39. The molecule has 0 aliphatic carbocycles. The first-order valence-corrected chi connectivity index (χ1v) is 9.38. The number of hydrogen-bond acceptors (Lipinski definition) is 5. The molecule has 6 nitrogen and oxygen atoms in total. The molecule has 2 rings (SSSR count). The van der Waals surface area contributed by atoms with Gasteiger partial charge in [-0.3, -0.25) is 0 Å². The minimum absolute atomic E-state index is 0.102. The average Bonchev–Trinajstić information content (AvgIpc) is 2.55. The number of nitrogens with zero attached hydrogens (tertiary/aromatic N) is 3. The van der Waals surface area contributed by atoms with E-state index in [0.29, 0.717) is 49.8 Å². The standard InChI is InChI=1S/C15H20ClN3O3S/c1-22-9-2-10-23(20,21)19-7-5-18(6-8-19)15-4-3-14(16)11-13(15)12-17/h3-4,11H,2,5-10H2,1H3. The summed E-state index contributed by atoms with van der Waals surface area (Å²) >= 11 is 5.91. The fraction of sp³-hybridized carbons (Fsp3) is 0.533. The molecular weight excluding hydrogens is 338 g/mol. The van der Waals surface area contributed by atoms with Crippen molar-refractivity contribution in [3.8, 4) is 6.07 Å². The maximum absolute atomic E-state index is 12.3. The van der Waals surface area contributed by atoms with Gasteiger partial charge in [0.25, 0.3) is 0 Å². The summed E-state index contributed by atoms with van der Waals surface area (Å²) in [5.41, 5.74) is 1.31. The van der Waals surface area contributed by atoms with E-state index in [0.717, 1.165) is 5.69 Å². The number of anilines is 1. The third-order valence-electron chi connectivity index (χ3n) is 3.80. The number of piperazine rings is 1. The highest BCUT2D eigenvalue weighted by molar-refractivity contribution is 7.89. The molecule has 0 amide bonds. The van der Waals surface area contributed by atoms with Gasteiger partial charge in [0.2, 0.25) is 10.0 Å². The first-order chi connectivity index (χ1) is 11.0. The molecule has 0 aromatic heterocycles. The summed E-state index contributed by atoms with van der Waals surface area (Å²) in [6, 6.07) is 7.32. The molecule has 1 heterocycles. The summed E-state index contributed by atoms with van der Waals surface area (Å²) in [7, 11) is -1.68. The lowest BCUT2D eigenvalue weighted by molar-refractivity contribution is 0.199. The van der Waals surface area contributed by atoms with Crippen LogP contribution in [0.15, 0.2) is 18.2 Å². The van der Waals surface area contributed by atoms with E-state index < -0.39 is 10.0 Å². The van der Waals surface area contributed by atoms with Gasteiger partial charge in [0, 0.05) is 44.9 Å². The van der Waals surface area contributed by atoms with Crippen LogP contribution in [0.5, 0.6) is 0 Å². The Hall–Kier alpha value is -1.33. The summed E-state index contributed by atoms with van der Waals surface area (Å²) < 4.78 is 30.9. The molecule has 126 valence electrons. The highest BCUT2D eigenvalue weighted by Gasteiger charge is 2.27. The van der Waals surface area contributed by atoms with Crippen LogP contribution in [0.25, 0.3) is 0 Å². The van der Waals surface area contributed by atoms with Gasteiger partial charge in [0.05, 0.1) is 17.0 Å². The summed E-state index contributed by atoms with van der Waals surface area (Å²) in [5, 5.41) is 9.74. The van der Waals surface area contributed by atoms with Crippen molar-refractivity contribution < 1.29 is 13.2 Å². The van der Waals surface area contributed by atoms with Gasteiger partial charge >= 0.3 is 0 Å². The molecule has 8 heteroatoms. The fourth-order valence-electron chi connectivity index (χ4n) is 2.60. The van der Waals surface area contributed by atoms with Crippen LogP contribution in [0.2, 0.25) is 5.02 Å². The van der Waals surface area contributed by atoms with Gasteiger partial charge in [0.15, 0.2) is 0 Å². The number of nitriles is 1. The Kier molecular flexibility index (Phi) is 6.25. The Bertz CT molecular complexity index is 680. The van der Waals surface area contributed by atoms with Crippen molar-refractivity contribution in [3.63, 3.8) is 0 Å². The van der Waals surface area contributed by atoms with Crippen molar-refractivity contribution in [1.29, 1.82) is 5.26 Å². The Morgan fingerprint density at radius 1 is 1.30 bits per heavy atom. The van der Waals surface area contributed by atoms with E-state index >= 15 is 0 Å². The zero-order valence-electron chi connectivity index (χ0n) is 13.0. The number of benzene rings is 1. The number of rotatable bonds is 6. The van der Waals surface area contributed by atoms with Crippen molar-refractivity contribution in [2.75, 3.05) is 50.5 Å². The van der Waals surface area contributed by atoms with Crippen LogP contribution in [0, 0.1) is 11.3 Å². The van der Waals surface area contributed by atoms with E-state index in [1.807, 2.05) is 11.0 Å². The maximum Gasteiger partial charge on any atom is 0.214 e. The van der Waals surface area contributed by atoms with E-state index in [-0.39, 0.29) is 5.75 Å². The highest BCUT2D eigenvalue weighted by atomic mass is 35.5. The molecule has 1 aliphatic rings.